The van der Waals surface area contributed by atoms with E-state index in [0.717, 1.165) is 11.1 Å². The molecule has 4 aromatic rings. The summed E-state index contributed by atoms with van der Waals surface area (Å²) in [5.41, 5.74) is 2.30. The number of anilines is 2. The summed E-state index contributed by atoms with van der Waals surface area (Å²) in [7, 11) is -2.31. The second-order valence-corrected chi connectivity index (χ2v) is 8.50. The fourth-order valence-electron chi connectivity index (χ4n) is 3.01. The first-order valence-corrected chi connectivity index (χ1v) is 10.8. The Morgan fingerprint density at radius 1 is 0.900 bits per heavy atom. The van der Waals surface area contributed by atoms with Crippen LogP contribution >= 0.6 is 0 Å². The normalized spacial score (nSPS) is 11.3. The number of methoxy groups -OCH3 is 1. The topological polar surface area (TPSA) is 81.4 Å². The van der Waals surface area contributed by atoms with Gasteiger partial charge in [-0.2, -0.15) is 4.98 Å². The number of benzene rings is 3. The largest absolute Gasteiger partial charge is 0.497 e. The first kappa shape index (κ1) is 19.7. The first-order valence-electron chi connectivity index (χ1n) is 9.27. The van der Waals surface area contributed by atoms with E-state index in [1.807, 2.05) is 31.2 Å². The molecule has 0 fully saturated rings. The van der Waals surface area contributed by atoms with Gasteiger partial charge in [-0.25, -0.2) is 8.42 Å². The number of hydrogen-bond donors (Lipinski definition) is 1. The highest BCUT2D eigenvalue weighted by atomic mass is 32.2. The van der Waals surface area contributed by atoms with E-state index >= 15 is 0 Å². The van der Waals surface area contributed by atoms with Gasteiger partial charge < -0.3 is 14.5 Å². The maximum Gasteiger partial charge on any atom is 0.238 e. The van der Waals surface area contributed by atoms with Gasteiger partial charge in [-0.05, 0) is 55.0 Å². The number of nitrogens with one attached hydrogen (secondary N) is 1. The molecule has 0 aliphatic heterocycles. The SMILES string of the molecule is COc1ccc(Nc2oc(-c3ccccc3C)nc2S(=O)(=O)c2ccccc2)cc1. The van der Waals surface area contributed by atoms with Crippen molar-refractivity contribution in [3.8, 4) is 17.2 Å². The summed E-state index contributed by atoms with van der Waals surface area (Å²) in [6.45, 7) is 1.92. The average Bonchev–Trinajstić information content (AvgIpc) is 3.19. The lowest BCUT2D eigenvalue weighted by Gasteiger charge is -2.07. The van der Waals surface area contributed by atoms with Crippen molar-refractivity contribution in [2.24, 2.45) is 0 Å². The number of sulfone groups is 1. The fourth-order valence-corrected chi connectivity index (χ4v) is 4.29. The highest BCUT2D eigenvalue weighted by Crippen LogP contribution is 2.35. The zero-order chi connectivity index (χ0) is 21.1. The Morgan fingerprint density at radius 2 is 1.57 bits per heavy atom. The Kier molecular flexibility index (Phi) is 5.29. The van der Waals surface area contributed by atoms with Crippen LogP contribution in [0.25, 0.3) is 11.5 Å². The molecule has 3 aromatic carbocycles. The van der Waals surface area contributed by atoms with E-state index in [2.05, 4.69) is 10.3 Å². The zero-order valence-corrected chi connectivity index (χ0v) is 17.3. The number of rotatable bonds is 6. The Bertz CT molecular complexity index is 1260. The van der Waals surface area contributed by atoms with Crippen molar-refractivity contribution in [1.82, 2.24) is 4.98 Å². The molecular weight excluding hydrogens is 400 g/mol. The zero-order valence-electron chi connectivity index (χ0n) is 16.5. The summed E-state index contributed by atoms with van der Waals surface area (Å²) in [6.07, 6.45) is 0. The predicted octanol–water partition coefficient (Wildman–Crippen LogP) is 5.24. The number of oxazole rings is 1. The molecule has 0 bridgehead atoms. The molecule has 0 aliphatic carbocycles. The van der Waals surface area contributed by atoms with Gasteiger partial charge in [-0.1, -0.05) is 36.4 Å². The first-order chi connectivity index (χ1) is 14.5. The van der Waals surface area contributed by atoms with Gasteiger partial charge in [0.25, 0.3) is 0 Å². The van der Waals surface area contributed by atoms with Crippen LogP contribution in [0.3, 0.4) is 0 Å². The monoisotopic (exact) mass is 420 g/mol. The van der Waals surface area contributed by atoms with Crippen LogP contribution in [-0.4, -0.2) is 20.5 Å². The van der Waals surface area contributed by atoms with E-state index in [9.17, 15) is 8.42 Å². The average molecular weight is 420 g/mol. The van der Waals surface area contributed by atoms with E-state index in [4.69, 9.17) is 9.15 Å². The third-order valence-corrected chi connectivity index (χ3v) is 6.31. The fraction of sp³-hybridized carbons (Fsp3) is 0.0870. The van der Waals surface area contributed by atoms with E-state index in [1.54, 1.807) is 49.6 Å². The number of hydrogen-bond acceptors (Lipinski definition) is 6. The van der Waals surface area contributed by atoms with Crippen LogP contribution in [0.4, 0.5) is 11.6 Å². The highest BCUT2D eigenvalue weighted by molar-refractivity contribution is 7.91. The van der Waals surface area contributed by atoms with Crippen molar-refractivity contribution in [2.45, 2.75) is 16.8 Å². The predicted molar refractivity (Wildman–Crippen MR) is 115 cm³/mol. The Labute approximate surface area is 175 Å². The number of nitrogens with zero attached hydrogens (tertiary/aromatic N) is 1. The van der Waals surface area contributed by atoms with Gasteiger partial charge in [0.15, 0.2) is 0 Å². The van der Waals surface area contributed by atoms with Gasteiger partial charge in [-0.3, -0.25) is 0 Å². The maximum atomic E-state index is 13.3. The molecule has 0 aliphatic rings. The number of ether oxygens (including phenoxy) is 1. The molecule has 1 aromatic heterocycles. The van der Waals surface area contributed by atoms with Crippen LogP contribution in [0.2, 0.25) is 0 Å². The standard InChI is InChI=1S/C23H20N2O4S/c1-16-8-6-7-11-20(16)21-25-23(30(26,27)19-9-4-3-5-10-19)22(29-21)24-17-12-14-18(28-2)15-13-17/h3-15,24H,1-2H3. The summed E-state index contributed by atoms with van der Waals surface area (Å²) in [5, 5.41) is 2.88. The molecule has 30 heavy (non-hydrogen) atoms. The minimum Gasteiger partial charge on any atom is -0.497 e. The van der Waals surface area contributed by atoms with Crippen molar-refractivity contribution in [1.29, 1.82) is 0 Å². The Balaban J connectivity index is 1.83. The van der Waals surface area contributed by atoms with Gasteiger partial charge in [-0.15, -0.1) is 0 Å². The molecule has 0 spiro atoms. The number of aryl methyl sites for hydroxylation is 1. The van der Waals surface area contributed by atoms with E-state index < -0.39 is 9.84 Å². The van der Waals surface area contributed by atoms with Crippen LogP contribution in [-0.2, 0) is 9.84 Å². The maximum absolute atomic E-state index is 13.3. The number of aromatic nitrogens is 1. The molecule has 1 N–H and O–H groups in total. The van der Waals surface area contributed by atoms with E-state index in [-0.39, 0.29) is 21.7 Å². The summed E-state index contributed by atoms with van der Waals surface area (Å²) in [4.78, 5) is 4.52. The molecule has 0 amide bonds. The van der Waals surface area contributed by atoms with Crippen molar-refractivity contribution >= 4 is 21.4 Å². The summed E-state index contributed by atoms with van der Waals surface area (Å²) >= 11 is 0. The highest BCUT2D eigenvalue weighted by Gasteiger charge is 2.29. The van der Waals surface area contributed by atoms with E-state index in [1.165, 1.54) is 12.1 Å². The third kappa shape index (κ3) is 3.79. The molecular formula is C23H20N2O4S. The molecule has 7 heteroatoms. The lowest BCUT2D eigenvalue weighted by Crippen LogP contribution is -2.05. The van der Waals surface area contributed by atoms with Crippen LogP contribution in [0, 0.1) is 6.92 Å². The Morgan fingerprint density at radius 3 is 2.23 bits per heavy atom. The lowest BCUT2D eigenvalue weighted by molar-refractivity contribution is 0.415. The molecule has 1 heterocycles. The quantitative estimate of drug-likeness (QED) is 0.460. The minimum absolute atomic E-state index is 0.0577. The lowest BCUT2D eigenvalue weighted by atomic mass is 10.1. The van der Waals surface area contributed by atoms with Crippen molar-refractivity contribution in [3.05, 3.63) is 84.4 Å². The summed E-state index contributed by atoms with van der Waals surface area (Å²) < 4.78 is 37.7. The summed E-state index contributed by atoms with van der Waals surface area (Å²) in [6, 6.07) is 22.8. The second-order valence-electron chi connectivity index (χ2n) is 6.64. The second kappa shape index (κ2) is 8.04. The molecule has 4 rings (SSSR count). The van der Waals surface area contributed by atoms with Gasteiger partial charge >= 0.3 is 0 Å². The van der Waals surface area contributed by atoms with Crippen molar-refractivity contribution < 1.29 is 17.6 Å². The molecule has 152 valence electrons. The van der Waals surface area contributed by atoms with Crippen LogP contribution in [0.5, 0.6) is 5.75 Å². The van der Waals surface area contributed by atoms with Crippen molar-refractivity contribution in [2.75, 3.05) is 12.4 Å². The molecule has 0 saturated carbocycles. The van der Waals surface area contributed by atoms with Crippen LogP contribution in [0.1, 0.15) is 5.56 Å². The van der Waals surface area contributed by atoms with Crippen molar-refractivity contribution in [3.63, 3.8) is 0 Å². The van der Waals surface area contributed by atoms with E-state index in [0.29, 0.717) is 11.4 Å². The minimum atomic E-state index is -3.89. The van der Waals surface area contributed by atoms with Gasteiger partial charge in [0.2, 0.25) is 26.6 Å². The molecule has 0 saturated heterocycles. The Hall–Kier alpha value is -3.58. The third-order valence-electron chi connectivity index (χ3n) is 4.63. The molecule has 0 radical (unpaired) electrons. The molecule has 0 unspecified atom stereocenters. The smallest absolute Gasteiger partial charge is 0.238 e. The van der Waals surface area contributed by atoms with Gasteiger partial charge in [0.05, 0.1) is 12.0 Å². The van der Waals surface area contributed by atoms with Gasteiger partial charge in [0, 0.05) is 11.3 Å². The molecule has 6 nitrogen and oxygen atoms in total. The van der Waals surface area contributed by atoms with Crippen LogP contribution in [0.15, 0.2) is 93.2 Å². The van der Waals surface area contributed by atoms with Crippen LogP contribution < -0.4 is 10.1 Å². The molecule has 0 atom stereocenters. The van der Waals surface area contributed by atoms with Gasteiger partial charge in [0.1, 0.15) is 5.75 Å². The summed E-state index contributed by atoms with van der Waals surface area (Å²) in [5.74, 6) is 0.983.